The van der Waals surface area contributed by atoms with E-state index in [4.69, 9.17) is 9.26 Å². The minimum atomic E-state index is -0.321. The van der Waals surface area contributed by atoms with Gasteiger partial charge in [-0.3, -0.25) is 4.79 Å². The average Bonchev–Trinajstić information content (AvgIpc) is 3.28. The van der Waals surface area contributed by atoms with Crippen LogP contribution in [-0.2, 0) is 16.0 Å². The monoisotopic (exact) mass is 387 g/mol. The fourth-order valence-electron chi connectivity index (χ4n) is 4.36. The number of ether oxygens (including phenoxy) is 1. The Morgan fingerprint density at radius 1 is 1.36 bits per heavy atom. The molecule has 1 amide bonds. The molecule has 2 saturated heterocycles. The van der Waals surface area contributed by atoms with E-state index in [2.05, 4.69) is 10.1 Å². The molecule has 0 bridgehead atoms. The Hall–Kier alpha value is -2.28. The predicted octanol–water partition coefficient (Wildman–Crippen LogP) is 3.30. The summed E-state index contributed by atoms with van der Waals surface area (Å²) >= 11 is 0. The molecule has 6 nitrogen and oxygen atoms in total. The zero-order valence-corrected chi connectivity index (χ0v) is 16.4. The van der Waals surface area contributed by atoms with Crippen LogP contribution in [0.2, 0.25) is 0 Å². The largest absolute Gasteiger partial charge is 0.381 e. The lowest BCUT2D eigenvalue weighted by molar-refractivity contribution is -0.130. The smallest absolute Gasteiger partial charge is 0.229 e. The van der Waals surface area contributed by atoms with Crippen molar-refractivity contribution in [2.45, 2.75) is 44.9 Å². The van der Waals surface area contributed by atoms with Crippen LogP contribution in [0.25, 0.3) is 0 Å². The summed E-state index contributed by atoms with van der Waals surface area (Å²) in [6, 6.07) is 6.23. The number of hydrogen-bond donors (Lipinski definition) is 0. The lowest BCUT2D eigenvalue weighted by atomic mass is 9.72. The molecule has 2 aliphatic rings. The second-order valence-electron chi connectivity index (χ2n) is 8.25. The van der Waals surface area contributed by atoms with Crippen LogP contribution in [0.1, 0.15) is 55.8 Å². The average molecular weight is 387 g/mol. The van der Waals surface area contributed by atoms with Gasteiger partial charge < -0.3 is 14.2 Å². The van der Waals surface area contributed by atoms with Gasteiger partial charge in [0.25, 0.3) is 0 Å². The van der Waals surface area contributed by atoms with Gasteiger partial charge in [0.15, 0.2) is 5.82 Å². The number of benzene rings is 1. The third-order valence-electron chi connectivity index (χ3n) is 6.00. The van der Waals surface area contributed by atoms with Crippen molar-refractivity contribution in [1.82, 2.24) is 15.0 Å². The van der Waals surface area contributed by atoms with Crippen molar-refractivity contribution in [2.24, 2.45) is 5.41 Å². The van der Waals surface area contributed by atoms with Crippen LogP contribution in [0.15, 0.2) is 28.8 Å². The number of amides is 1. The quantitative estimate of drug-likeness (QED) is 0.805. The number of halogens is 1. The maximum absolute atomic E-state index is 13.5. The molecular weight excluding hydrogens is 361 g/mol. The molecule has 0 aliphatic carbocycles. The lowest BCUT2D eigenvalue weighted by Gasteiger charge is -2.36. The summed E-state index contributed by atoms with van der Waals surface area (Å²) in [5, 5.41) is 4.24. The molecule has 1 atom stereocenters. The van der Waals surface area contributed by atoms with Crippen LogP contribution in [0.5, 0.6) is 0 Å². The van der Waals surface area contributed by atoms with E-state index in [1.54, 1.807) is 12.1 Å². The SMILES string of the molecule is CC(C)c1nc(C2CN(C(=O)Cc3cccc(F)c3)CC23CCOCC3)no1. The lowest BCUT2D eigenvalue weighted by Crippen LogP contribution is -2.37. The molecule has 1 aromatic carbocycles. The van der Waals surface area contributed by atoms with E-state index in [0.717, 1.165) is 12.8 Å². The molecule has 7 heteroatoms. The highest BCUT2D eigenvalue weighted by Gasteiger charge is 2.51. The first-order valence-electron chi connectivity index (χ1n) is 9.90. The number of aromatic nitrogens is 2. The Morgan fingerprint density at radius 3 is 2.82 bits per heavy atom. The van der Waals surface area contributed by atoms with Gasteiger partial charge in [-0.2, -0.15) is 4.98 Å². The first kappa shape index (κ1) is 19.1. The van der Waals surface area contributed by atoms with Gasteiger partial charge in [-0.1, -0.05) is 31.1 Å². The third-order valence-corrected chi connectivity index (χ3v) is 6.00. The second kappa shape index (κ2) is 7.62. The summed E-state index contributed by atoms with van der Waals surface area (Å²) in [7, 11) is 0. The van der Waals surface area contributed by atoms with E-state index in [1.165, 1.54) is 12.1 Å². The highest BCUT2D eigenvalue weighted by atomic mass is 19.1. The van der Waals surface area contributed by atoms with Crippen molar-refractivity contribution in [3.63, 3.8) is 0 Å². The summed E-state index contributed by atoms with van der Waals surface area (Å²) in [4.78, 5) is 19.5. The summed E-state index contributed by atoms with van der Waals surface area (Å²) in [6.45, 7) is 6.61. The first-order chi connectivity index (χ1) is 13.5. The van der Waals surface area contributed by atoms with Crippen LogP contribution in [0.4, 0.5) is 4.39 Å². The molecule has 1 unspecified atom stereocenters. The van der Waals surface area contributed by atoms with Gasteiger partial charge in [-0.05, 0) is 30.5 Å². The second-order valence-corrected chi connectivity index (χ2v) is 8.25. The van der Waals surface area contributed by atoms with Crippen LogP contribution in [0, 0.1) is 11.2 Å². The minimum absolute atomic E-state index is 0.00606. The van der Waals surface area contributed by atoms with Crippen molar-refractivity contribution in [1.29, 1.82) is 0 Å². The van der Waals surface area contributed by atoms with Gasteiger partial charge in [-0.25, -0.2) is 4.39 Å². The molecular formula is C21H26FN3O3. The highest BCUT2D eigenvalue weighted by Crippen LogP contribution is 2.49. The Balaban J connectivity index is 1.56. The molecule has 4 rings (SSSR count). The summed E-state index contributed by atoms with van der Waals surface area (Å²) in [5.74, 6) is 1.20. The highest BCUT2D eigenvalue weighted by molar-refractivity contribution is 5.79. The van der Waals surface area contributed by atoms with E-state index in [1.807, 2.05) is 18.7 Å². The predicted molar refractivity (Wildman–Crippen MR) is 100 cm³/mol. The standard InChI is InChI=1S/C21H26FN3O3/c1-14(2)20-23-19(24-28-20)17-12-25(13-21(17)6-8-27-9-7-21)18(26)11-15-4-3-5-16(22)10-15/h3-5,10,14,17H,6-9,11-13H2,1-2H3. The number of nitrogens with zero attached hydrogens (tertiary/aromatic N) is 3. The zero-order valence-electron chi connectivity index (χ0n) is 16.4. The van der Waals surface area contributed by atoms with E-state index in [0.29, 0.717) is 43.6 Å². The summed E-state index contributed by atoms with van der Waals surface area (Å²) < 4.78 is 24.5. The molecule has 0 radical (unpaired) electrons. The number of carbonyl (C=O) groups is 1. The van der Waals surface area contributed by atoms with Crippen molar-refractivity contribution >= 4 is 5.91 Å². The number of hydrogen-bond acceptors (Lipinski definition) is 5. The normalized spacial score (nSPS) is 21.6. The van der Waals surface area contributed by atoms with Crippen molar-refractivity contribution in [3.05, 3.63) is 47.4 Å². The van der Waals surface area contributed by atoms with Gasteiger partial charge in [0.2, 0.25) is 11.8 Å². The molecule has 28 heavy (non-hydrogen) atoms. The maximum atomic E-state index is 13.5. The molecule has 0 saturated carbocycles. The molecule has 3 heterocycles. The topological polar surface area (TPSA) is 68.5 Å². The van der Waals surface area contributed by atoms with Gasteiger partial charge in [0.1, 0.15) is 5.82 Å². The fourth-order valence-corrected chi connectivity index (χ4v) is 4.36. The van der Waals surface area contributed by atoms with Gasteiger partial charge in [0.05, 0.1) is 6.42 Å². The molecule has 2 fully saturated rings. The van der Waals surface area contributed by atoms with Crippen LogP contribution >= 0.6 is 0 Å². The van der Waals surface area contributed by atoms with Gasteiger partial charge >= 0.3 is 0 Å². The molecule has 1 spiro atoms. The van der Waals surface area contributed by atoms with Gasteiger partial charge in [0, 0.05) is 43.6 Å². The molecule has 2 aliphatic heterocycles. The summed E-state index contributed by atoms with van der Waals surface area (Å²) in [6.07, 6.45) is 1.93. The molecule has 150 valence electrons. The Labute approximate surface area is 164 Å². The fraction of sp³-hybridized carbons (Fsp3) is 0.571. The Kier molecular flexibility index (Phi) is 5.19. The van der Waals surface area contributed by atoms with Crippen molar-refractivity contribution in [2.75, 3.05) is 26.3 Å². The van der Waals surface area contributed by atoms with Crippen LogP contribution in [0.3, 0.4) is 0 Å². The number of rotatable bonds is 4. The van der Waals surface area contributed by atoms with E-state index in [-0.39, 0.29) is 35.4 Å². The Bertz CT molecular complexity index is 845. The zero-order chi connectivity index (χ0) is 19.7. The van der Waals surface area contributed by atoms with E-state index >= 15 is 0 Å². The van der Waals surface area contributed by atoms with Crippen molar-refractivity contribution < 1.29 is 18.4 Å². The molecule has 0 N–H and O–H groups in total. The van der Waals surface area contributed by atoms with Crippen LogP contribution < -0.4 is 0 Å². The van der Waals surface area contributed by atoms with Crippen molar-refractivity contribution in [3.8, 4) is 0 Å². The minimum Gasteiger partial charge on any atom is -0.381 e. The van der Waals surface area contributed by atoms with E-state index in [9.17, 15) is 9.18 Å². The summed E-state index contributed by atoms with van der Waals surface area (Å²) in [5.41, 5.74) is 0.602. The Morgan fingerprint density at radius 2 is 2.14 bits per heavy atom. The van der Waals surface area contributed by atoms with Crippen LogP contribution in [-0.4, -0.2) is 47.3 Å². The third kappa shape index (κ3) is 3.68. The molecule has 1 aromatic heterocycles. The van der Waals surface area contributed by atoms with E-state index < -0.39 is 0 Å². The van der Waals surface area contributed by atoms with Gasteiger partial charge in [-0.15, -0.1) is 0 Å². The number of carbonyl (C=O) groups excluding carboxylic acids is 1. The molecule has 2 aromatic rings. The first-order valence-corrected chi connectivity index (χ1v) is 9.90. The number of likely N-dealkylation sites (tertiary alicyclic amines) is 1. The maximum Gasteiger partial charge on any atom is 0.229 e.